The Morgan fingerprint density at radius 2 is 2.25 bits per heavy atom. The van der Waals surface area contributed by atoms with Gasteiger partial charge in [0, 0.05) is 18.7 Å². The van der Waals surface area contributed by atoms with Crippen molar-refractivity contribution in [3.05, 3.63) is 0 Å². The van der Waals surface area contributed by atoms with E-state index in [1.807, 2.05) is 0 Å². The van der Waals surface area contributed by atoms with Crippen LogP contribution in [0.25, 0.3) is 0 Å². The molecule has 2 heteroatoms. The summed E-state index contributed by atoms with van der Waals surface area (Å²) in [6.07, 6.45) is 6.62. The molecule has 3 aliphatic rings. The number of rotatable bonds is 0. The fourth-order valence-electron chi connectivity index (χ4n) is 3.16. The maximum atomic E-state index is 5.90. The predicted molar refractivity (Wildman–Crippen MR) is 47.1 cm³/mol. The smallest absolute Gasteiger partial charge is 0.0699 e. The van der Waals surface area contributed by atoms with Gasteiger partial charge in [-0.05, 0) is 39.2 Å². The summed E-state index contributed by atoms with van der Waals surface area (Å²) in [7, 11) is 2.25. The van der Waals surface area contributed by atoms with Crippen molar-refractivity contribution in [3.8, 4) is 0 Å². The van der Waals surface area contributed by atoms with Gasteiger partial charge in [-0.2, -0.15) is 0 Å². The van der Waals surface area contributed by atoms with Crippen LogP contribution in [0.3, 0.4) is 0 Å². The van der Waals surface area contributed by atoms with E-state index in [9.17, 15) is 0 Å². The molecular formula is C10H17NO. The first-order valence-electron chi connectivity index (χ1n) is 5.17. The van der Waals surface area contributed by atoms with Gasteiger partial charge in [0.1, 0.15) is 0 Å². The summed E-state index contributed by atoms with van der Waals surface area (Å²) in [4.78, 5) is 2.51. The second kappa shape index (κ2) is 2.24. The van der Waals surface area contributed by atoms with Crippen LogP contribution in [-0.2, 0) is 4.74 Å². The van der Waals surface area contributed by atoms with Crippen molar-refractivity contribution in [1.82, 2.24) is 4.90 Å². The van der Waals surface area contributed by atoms with Crippen LogP contribution in [0.15, 0.2) is 0 Å². The highest BCUT2D eigenvalue weighted by Crippen LogP contribution is 2.48. The molecule has 0 aromatic heterocycles. The molecule has 1 saturated carbocycles. The first-order valence-corrected chi connectivity index (χ1v) is 5.17. The van der Waals surface area contributed by atoms with Crippen molar-refractivity contribution >= 4 is 0 Å². The van der Waals surface area contributed by atoms with E-state index >= 15 is 0 Å². The topological polar surface area (TPSA) is 12.2 Å². The fraction of sp³-hybridized carbons (Fsp3) is 1.00. The Morgan fingerprint density at radius 1 is 1.33 bits per heavy atom. The lowest BCUT2D eigenvalue weighted by Crippen LogP contribution is -2.33. The third-order valence-corrected chi connectivity index (χ3v) is 4.06. The molecule has 1 aliphatic carbocycles. The van der Waals surface area contributed by atoms with E-state index < -0.39 is 0 Å². The Labute approximate surface area is 73.9 Å². The van der Waals surface area contributed by atoms with Crippen LogP contribution < -0.4 is 0 Å². The number of likely N-dealkylation sites (tertiary alicyclic amines) is 1. The minimum absolute atomic E-state index is 0.325. The molecule has 2 saturated heterocycles. The van der Waals surface area contributed by atoms with Gasteiger partial charge in [0.25, 0.3) is 0 Å². The molecule has 0 radical (unpaired) electrons. The maximum absolute atomic E-state index is 5.90. The highest BCUT2D eigenvalue weighted by atomic mass is 16.5. The average molecular weight is 167 g/mol. The summed E-state index contributed by atoms with van der Waals surface area (Å²) in [6, 6.07) is 1.79. The van der Waals surface area contributed by atoms with Gasteiger partial charge in [0.2, 0.25) is 0 Å². The molecule has 68 valence electrons. The molecule has 12 heavy (non-hydrogen) atoms. The molecule has 2 heterocycles. The van der Waals surface area contributed by atoms with Crippen molar-refractivity contribution in [3.63, 3.8) is 0 Å². The minimum atomic E-state index is 0.325. The quantitative estimate of drug-likeness (QED) is 0.506. The van der Waals surface area contributed by atoms with Crippen molar-refractivity contribution in [1.29, 1.82) is 0 Å². The molecule has 0 aromatic carbocycles. The van der Waals surface area contributed by atoms with Gasteiger partial charge in [-0.1, -0.05) is 0 Å². The summed E-state index contributed by atoms with van der Waals surface area (Å²) in [5, 5.41) is 0. The van der Waals surface area contributed by atoms with Crippen LogP contribution in [0.4, 0.5) is 0 Å². The first-order chi connectivity index (χ1) is 5.81. The highest BCUT2D eigenvalue weighted by Gasteiger charge is 2.54. The van der Waals surface area contributed by atoms with Crippen LogP contribution in [0.5, 0.6) is 0 Å². The van der Waals surface area contributed by atoms with Crippen molar-refractivity contribution in [2.24, 2.45) is 0 Å². The van der Waals surface area contributed by atoms with Gasteiger partial charge >= 0.3 is 0 Å². The maximum Gasteiger partial charge on any atom is 0.0699 e. The normalized spacial score (nSPS) is 57.2. The second-order valence-corrected chi connectivity index (χ2v) is 4.68. The summed E-state index contributed by atoms with van der Waals surface area (Å²) in [5.74, 6) is 0. The van der Waals surface area contributed by atoms with E-state index in [0.717, 1.165) is 18.7 Å². The third kappa shape index (κ3) is 0.882. The lowest BCUT2D eigenvalue weighted by atomic mass is 9.83. The fourth-order valence-corrected chi connectivity index (χ4v) is 3.16. The van der Waals surface area contributed by atoms with E-state index in [0.29, 0.717) is 5.60 Å². The second-order valence-electron chi connectivity index (χ2n) is 4.68. The Morgan fingerprint density at radius 3 is 2.92 bits per heavy atom. The lowest BCUT2D eigenvalue weighted by molar-refractivity contribution is -0.0185. The minimum Gasteiger partial charge on any atom is -0.375 e. The summed E-state index contributed by atoms with van der Waals surface area (Å²) in [6.45, 7) is 1.01. The van der Waals surface area contributed by atoms with E-state index in [1.165, 1.54) is 32.1 Å². The molecule has 2 aliphatic heterocycles. The van der Waals surface area contributed by atoms with E-state index in [1.54, 1.807) is 0 Å². The zero-order valence-electron chi connectivity index (χ0n) is 7.75. The number of hydrogen-bond donors (Lipinski definition) is 0. The van der Waals surface area contributed by atoms with Crippen molar-refractivity contribution < 1.29 is 4.74 Å². The van der Waals surface area contributed by atoms with Gasteiger partial charge in [0.15, 0.2) is 0 Å². The number of fused-ring (bicyclic) bond motifs is 1. The molecule has 0 aromatic rings. The molecule has 4 unspecified atom stereocenters. The van der Waals surface area contributed by atoms with E-state index in [-0.39, 0.29) is 0 Å². The first kappa shape index (κ1) is 7.34. The average Bonchev–Trinajstić information content (AvgIpc) is 2.53. The van der Waals surface area contributed by atoms with Crippen LogP contribution in [0, 0.1) is 0 Å². The molecule has 3 fully saturated rings. The SMILES string of the molecule is CN1C2CCC3(CCCO3)CC21. The van der Waals surface area contributed by atoms with Crippen molar-refractivity contribution in [2.45, 2.75) is 49.8 Å². The van der Waals surface area contributed by atoms with Gasteiger partial charge in [-0.15, -0.1) is 0 Å². The predicted octanol–water partition coefficient (Wildman–Crippen LogP) is 1.40. The number of hydrogen-bond acceptors (Lipinski definition) is 2. The Kier molecular flexibility index (Phi) is 1.37. The monoisotopic (exact) mass is 167 g/mol. The summed E-state index contributed by atoms with van der Waals surface area (Å²) in [5.41, 5.74) is 0.325. The van der Waals surface area contributed by atoms with Gasteiger partial charge in [-0.25, -0.2) is 0 Å². The Balaban J connectivity index is 1.74. The van der Waals surface area contributed by atoms with Gasteiger partial charge in [-0.3, -0.25) is 4.90 Å². The van der Waals surface area contributed by atoms with Gasteiger partial charge < -0.3 is 4.74 Å². The molecule has 4 atom stereocenters. The molecule has 1 spiro atoms. The third-order valence-electron chi connectivity index (χ3n) is 4.06. The molecule has 0 bridgehead atoms. The zero-order valence-corrected chi connectivity index (χ0v) is 7.75. The van der Waals surface area contributed by atoms with Crippen LogP contribution in [0.1, 0.15) is 32.1 Å². The van der Waals surface area contributed by atoms with Gasteiger partial charge in [0.05, 0.1) is 5.60 Å². The molecule has 2 nitrogen and oxygen atoms in total. The van der Waals surface area contributed by atoms with E-state index in [2.05, 4.69) is 11.9 Å². The summed E-state index contributed by atoms with van der Waals surface area (Å²) < 4.78 is 5.90. The molecule has 0 N–H and O–H groups in total. The number of ether oxygens (including phenoxy) is 1. The van der Waals surface area contributed by atoms with Crippen molar-refractivity contribution in [2.75, 3.05) is 13.7 Å². The standard InChI is InChI=1S/C10H17NO/c1-11-8-3-5-10(7-9(8)11)4-2-6-12-10/h8-9H,2-7H2,1H3. The molecule has 0 amide bonds. The molecule has 3 rings (SSSR count). The largest absolute Gasteiger partial charge is 0.375 e. The lowest BCUT2D eigenvalue weighted by Gasteiger charge is -2.30. The van der Waals surface area contributed by atoms with Crippen LogP contribution in [-0.4, -0.2) is 36.2 Å². The Hall–Kier alpha value is -0.0800. The number of likely N-dealkylation sites (N-methyl/N-ethyl adjacent to an activating group) is 1. The zero-order chi connectivity index (χ0) is 8.18. The highest BCUT2D eigenvalue weighted by molar-refractivity contribution is 5.09. The van der Waals surface area contributed by atoms with Crippen LogP contribution in [0.2, 0.25) is 0 Å². The summed E-state index contributed by atoms with van der Waals surface area (Å²) >= 11 is 0. The number of nitrogens with zero attached hydrogens (tertiary/aromatic N) is 1. The molecular weight excluding hydrogens is 150 g/mol. The Bertz CT molecular complexity index is 198. The van der Waals surface area contributed by atoms with E-state index in [4.69, 9.17) is 4.74 Å². The van der Waals surface area contributed by atoms with Crippen LogP contribution >= 0.6 is 0 Å².